The van der Waals surface area contributed by atoms with Crippen molar-refractivity contribution in [2.75, 3.05) is 54.1 Å². The van der Waals surface area contributed by atoms with Crippen LogP contribution in [-0.4, -0.2) is 64.1 Å². The molecule has 1 heterocycles. The summed E-state index contributed by atoms with van der Waals surface area (Å²) >= 11 is 0. The van der Waals surface area contributed by atoms with Gasteiger partial charge in [-0.2, -0.15) is 0 Å². The number of aliphatic hydroxyl groups excluding tert-OH is 1. The number of benzene rings is 1. The van der Waals surface area contributed by atoms with Crippen molar-refractivity contribution in [3.63, 3.8) is 0 Å². The highest BCUT2D eigenvalue weighted by atomic mass is 16.5. The highest BCUT2D eigenvalue weighted by molar-refractivity contribution is 5.52. The summed E-state index contributed by atoms with van der Waals surface area (Å²) in [6, 6.07) is 3.58. The lowest BCUT2D eigenvalue weighted by atomic mass is 10.0. The number of methoxy groups -OCH3 is 3. The molecular formula is C15H24N2O4. The van der Waals surface area contributed by atoms with Gasteiger partial charge in [0.2, 0.25) is 0 Å². The van der Waals surface area contributed by atoms with Crippen LogP contribution in [0.2, 0.25) is 0 Å². The molecule has 1 atom stereocenters. The molecule has 1 aliphatic heterocycles. The highest BCUT2D eigenvalue weighted by Gasteiger charge is 2.26. The summed E-state index contributed by atoms with van der Waals surface area (Å²) in [6.45, 7) is 3.66. The zero-order valence-electron chi connectivity index (χ0n) is 12.9. The van der Waals surface area contributed by atoms with E-state index in [1.807, 2.05) is 6.07 Å². The summed E-state index contributed by atoms with van der Waals surface area (Å²) in [4.78, 5) is 2.25. The fourth-order valence-electron chi connectivity index (χ4n) is 2.72. The van der Waals surface area contributed by atoms with Gasteiger partial charge in [0.05, 0.1) is 34.0 Å². The Morgan fingerprint density at radius 1 is 1.05 bits per heavy atom. The number of hydrogen-bond acceptors (Lipinski definition) is 6. The van der Waals surface area contributed by atoms with Gasteiger partial charge in [0.1, 0.15) is 5.75 Å². The first-order chi connectivity index (χ1) is 10.2. The van der Waals surface area contributed by atoms with Crippen LogP contribution in [0.1, 0.15) is 11.6 Å². The second-order valence-corrected chi connectivity index (χ2v) is 4.93. The van der Waals surface area contributed by atoms with Crippen LogP contribution < -0.4 is 19.5 Å². The smallest absolute Gasteiger partial charge is 0.164 e. The molecule has 1 unspecified atom stereocenters. The summed E-state index contributed by atoms with van der Waals surface area (Å²) in [6.07, 6.45) is 0. The zero-order valence-corrected chi connectivity index (χ0v) is 12.9. The molecule has 1 saturated heterocycles. The second-order valence-electron chi connectivity index (χ2n) is 4.93. The van der Waals surface area contributed by atoms with Crippen LogP contribution in [0, 0.1) is 0 Å². The van der Waals surface area contributed by atoms with E-state index < -0.39 is 0 Å². The molecule has 0 radical (unpaired) electrons. The number of ether oxygens (including phenoxy) is 3. The first kappa shape index (κ1) is 15.9. The molecule has 1 aromatic carbocycles. The van der Waals surface area contributed by atoms with Crippen LogP contribution in [0.25, 0.3) is 0 Å². The van der Waals surface area contributed by atoms with Gasteiger partial charge in [-0.1, -0.05) is 0 Å². The Morgan fingerprint density at radius 3 is 2.14 bits per heavy atom. The van der Waals surface area contributed by atoms with Gasteiger partial charge in [-0.15, -0.1) is 0 Å². The molecule has 0 amide bonds. The molecule has 2 N–H and O–H groups in total. The topological polar surface area (TPSA) is 63.2 Å². The lowest BCUT2D eigenvalue weighted by Crippen LogP contribution is -2.46. The van der Waals surface area contributed by atoms with E-state index in [2.05, 4.69) is 10.2 Å². The van der Waals surface area contributed by atoms with Crippen molar-refractivity contribution in [1.29, 1.82) is 0 Å². The molecular weight excluding hydrogens is 272 g/mol. The summed E-state index contributed by atoms with van der Waals surface area (Å²) in [7, 11) is 4.82. The van der Waals surface area contributed by atoms with Crippen molar-refractivity contribution < 1.29 is 19.3 Å². The molecule has 1 fully saturated rings. The van der Waals surface area contributed by atoms with Gasteiger partial charge in [0, 0.05) is 37.8 Å². The van der Waals surface area contributed by atoms with Gasteiger partial charge < -0.3 is 24.6 Å². The number of nitrogens with one attached hydrogen (secondary N) is 1. The summed E-state index contributed by atoms with van der Waals surface area (Å²) in [5.41, 5.74) is 0.916. The summed E-state index contributed by atoms with van der Waals surface area (Å²) < 4.78 is 16.1. The third-order valence-electron chi connectivity index (χ3n) is 3.86. The van der Waals surface area contributed by atoms with Crippen molar-refractivity contribution in [2.24, 2.45) is 0 Å². The fraction of sp³-hybridized carbons (Fsp3) is 0.600. The van der Waals surface area contributed by atoms with Gasteiger partial charge in [-0.3, -0.25) is 4.90 Å². The van der Waals surface area contributed by atoms with Gasteiger partial charge in [0.25, 0.3) is 0 Å². The van der Waals surface area contributed by atoms with E-state index in [4.69, 9.17) is 14.2 Å². The Bertz CT molecular complexity index is 461. The molecule has 118 valence electrons. The third-order valence-corrected chi connectivity index (χ3v) is 3.86. The lowest BCUT2D eigenvalue weighted by Gasteiger charge is -2.34. The van der Waals surface area contributed by atoms with Crippen molar-refractivity contribution >= 4 is 0 Å². The van der Waals surface area contributed by atoms with E-state index in [1.165, 1.54) is 0 Å². The van der Waals surface area contributed by atoms with Crippen molar-refractivity contribution in [3.05, 3.63) is 17.7 Å². The molecule has 0 bridgehead atoms. The van der Waals surface area contributed by atoms with Gasteiger partial charge >= 0.3 is 0 Å². The lowest BCUT2D eigenvalue weighted by molar-refractivity contribution is 0.108. The molecule has 0 aromatic heterocycles. The third kappa shape index (κ3) is 3.40. The maximum atomic E-state index is 9.85. The quantitative estimate of drug-likeness (QED) is 0.804. The Morgan fingerprint density at radius 2 is 1.62 bits per heavy atom. The Labute approximate surface area is 125 Å². The van der Waals surface area contributed by atoms with Crippen LogP contribution in [0.3, 0.4) is 0 Å². The first-order valence-corrected chi connectivity index (χ1v) is 7.10. The van der Waals surface area contributed by atoms with Crippen molar-refractivity contribution in [1.82, 2.24) is 10.2 Å². The molecule has 2 rings (SSSR count). The minimum Gasteiger partial charge on any atom is -0.496 e. The standard InChI is InChI=1S/C15H24N2O4/c1-19-13-9-15(21-3)14(20-2)8-11(13)12(10-18)17-6-4-16-5-7-17/h8-9,12,16,18H,4-7,10H2,1-3H3. The van der Waals surface area contributed by atoms with Crippen molar-refractivity contribution in [3.8, 4) is 17.2 Å². The van der Waals surface area contributed by atoms with Gasteiger partial charge in [-0.05, 0) is 6.07 Å². The fourth-order valence-corrected chi connectivity index (χ4v) is 2.72. The van der Waals surface area contributed by atoms with Crippen LogP contribution in [0.5, 0.6) is 17.2 Å². The van der Waals surface area contributed by atoms with Gasteiger partial charge in [-0.25, -0.2) is 0 Å². The van der Waals surface area contributed by atoms with Crippen LogP contribution in [0.4, 0.5) is 0 Å². The van der Waals surface area contributed by atoms with E-state index >= 15 is 0 Å². The molecule has 0 aliphatic carbocycles. The molecule has 1 aliphatic rings. The maximum absolute atomic E-state index is 9.85. The summed E-state index contributed by atoms with van der Waals surface area (Å²) in [5.74, 6) is 1.96. The number of piperazine rings is 1. The molecule has 0 spiro atoms. The van der Waals surface area contributed by atoms with E-state index in [0.717, 1.165) is 31.7 Å². The number of hydrogen-bond donors (Lipinski definition) is 2. The highest BCUT2D eigenvalue weighted by Crippen LogP contribution is 2.39. The Hall–Kier alpha value is -1.50. The zero-order chi connectivity index (χ0) is 15.2. The molecule has 6 heteroatoms. The predicted octanol–water partition coefficient (Wildman–Crippen LogP) is 0.651. The Kier molecular flexibility index (Phi) is 5.67. The van der Waals surface area contributed by atoms with E-state index in [-0.39, 0.29) is 12.6 Å². The molecule has 21 heavy (non-hydrogen) atoms. The monoisotopic (exact) mass is 296 g/mol. The number of aliphatic hydroxyl groups is 1. The number of nitrogens with zero attached hydrogens (tertiary/aromatic N) is 1. The average Bonchev–Trinajstić information content (AvgIpc) is 2.56. The SMILES string of the molecule is COc1cc(OC)c(C(CO)N2CCNCC2)cc1OC. The van der Waals surface area contributed by atoms with Crippen LogP contribution in [-0.2, 0) is 0 Å². The van der Waals surface area contributed by atoms with Crippen LogP contribution >= 0.6 is 0 Å². The first-order valence-electron chi connectivity index (χ1n) is 7.10. The minimum atomic E-state index is -0.109. The number of rotatable bonds is 6. The van der Waals surface area contributed by atoms with E-state index in [1.54, 1.807) is 27.4 Å². The van der Waals surface area contributed by atoms with Crippen molar-refractivity contribution in [2.45, 2.75) is 6.04 Å². The van der Waals surface area contributed by atoms with E-state index in [9.17, 15) is 5.11 Å². The molecule has 6 nitrogen and oxygen atoms in total. The van der Waals surface area contributed by atoms with Crippen LogP contribution in [0.15, 0.2) is 12.1 Å². The normalized spacial score (nSPS) is 17.3. The molecule has 0 saturated carbocycles. The predicted molar refractivity (Wildman–Crippen MR) is 80.4 cm³/mol. The second kappa shape index (κ2) is 7.49. The van der Waals surface area contributed by atoms with Gasteiger partial charge in [0.15, 0.2) is 11.5 Å². The van der Waals surface area contributed by atoms with E-state index in [0.29, 0.717) is 17.2 Å². The largest absolute Gasteiger partial charge is 0.496 e. The summed E-state index contributed by atoms with van der Waals surface area (Å²) in [5, 5.41) is 13.2. The molecule has 1 aromatic rings. The average molecular weight is 296 g/mol. The maximum Gasteiger partial charge on any atom is 0.164 e. The minimum absolute atomic E-state index is 0.0336. The Balaban J connectivity index is 2.38.